The highest BCUT2D eigenvalue weighted by atomic mass is 32.2. The zero-order valence-corrected chi connectivity index (χ0v) is 14.1. The van der Waals surface area contributed by atoms with E-state index >= 15 is 0 Å². The second kappa shape index (κ2) is 8.29. The fourth-order valence-electron chi connectivity index (χ4n) is 1.87. The molecule has 4 N–H and O–H groups in total. The summed E-state index contributed by atoms with van der Waals surface area (Å²) in [4.78, 5) is 35.9. The topological polar surface area (TPSA) is 101 Å². The Bertz CT molecular complexity index is 796. The third kappa shape index (κ3) is 5.32. The van der Waals surface area contributed by atoms with Crippen molar-refractivity contribution in [3.05, 3.63) is 59.9 Å². The normalized spacial score (nSPS) is 11.4. The third-order valence-electron chi connectivity index (χ3n) is 3.20. The van der Waals surface area contributed by atoms with E-state index in [1.165, 1.54) is 37.3 Å². The van der Waals surface area contributed by atoms with Crippen LogP contribution in [-0.2, 0) is 4.79 Å². The molecule has 2 aromatic carbocycles. The molecule has 2 aromatic rings. The summed E-state index contributed by atoms with van der Waals surface area (Å²) in [6, 6.07) is 11.0. The molecule has 0 radical (unpaired) electrons. The average Bonchev–Trinajstić information content (AvgIpc) is 2.57. The number of amides is 3. The van der Waals surface area contributed by atoms with Crippen LogP contribution in [0.1, 0.15) is 17.3 Å². The lowest BCUT2D eigenvalue weighted by Gasteiger charge is -2.12. The summed E-state index contributed by atoms with van der Waals surface area (Å²) in [5, 5.41) is 4.62. The van der Waals surface area contributed by atoms with Gasteiger partial charge in [-0.1, -0.05) is 12.1 Å². The molecule has 6 nitrogen and oxygen atoms in total. The molecule has 0 aliphatic carbocycles. The maximum absolute atomic E-state index is 12.9. The predicted molar refractivity (Wildman–Crippen MR) is 93.8 cm³/mol. The molecule has 0 heterocycles. The standard InChI is InChI=1S/C17H16FN3O3S/c1-10(15(19)22)20-16(23)13-4-2-3-5-14(13)25-17(24)21-12-8-6-11(18)7-9-12/h2-10H,1H3,(H2,19,22)(H,20,23)(H,21,24)/t10-/m1/s1. The molecule has 25 heavy (non-hydrogen) atoms. The van der Waals surface area contributed by atoms with Crippen LogP contribution in [0, 0.1) is 5.82 Å². The number of nitrogens with one attached hydrogen (secondary N) is 2. The Labute approximate surface area is 148 Å². The molecule has 0 saturated carbocycles. The zero-order valence-electron chi connectivity index (χ0n) is 13.3. The number of rotatable bonds is 5. The van der Waals surface area contributed by atoms with Crippen LogP contribution in [0.15, 0.2) is 53.4 Å². The molecule has 0 saturated heterocycles. The van der Waals surface area contributed by atoms with E-state index in [0.29, 0.717) is 10.6 Å². The molecule has 8 heteroatoms. The van der Waals surface area contributed by atoms with Crippen LogP contribution in [0.5, 0.6) is 0 Å². The van der Waals surface area contributed by atoms with Gasteiger partial charge in [0.15, 0.2) is 0 Å². The molecule has 2 rings (SSSR count). The van der Waals surface area contributed by atoms with Gasteiger partial charge in [-0.3, -0.25) is 14.4 Å². The van der Waals surface area contributed by atoms with Crippen LogP contribution >= 0.6 is 11.8 Å². The second-order valence-corrected chi connectivity index (χ2v) is 6.13. The molecule has 0 unspecified atom stereocenters. The maximum atomic E-state index is 12.9. The Morgan fingerprint density at radius 1 is 1.08 bits per heavy atom. The van der Waals surface area contributed by atoms with E-state index in [1.807, 2.05) is 0 Å². The smallest absolute Gasteiger partial charge is 0.288 e. The van der Waals surface area contributed by atoms with E-state index < -0.39 is 28.9 Å². The van der Waals surface area contributed by atoms with Crippen molar-refractivity contribution < 1.29 is 18.8 Å². The van der Waals surface area contributed by atoms with Crippen LogP contribution in [0.25, 0.3) is 0 Å². The maximum Gasteiger partial charge on any atom is 0.288 e. The molecule has 0 aliphatic rings. The molecule has 0 fully saturated rings. The zero-order chi connectivity index (χ0) is 18.4. The van der Waals surface area contributed by atoms with Crippen LogP contribution < -0.4 is 16.4 Å². The molecule has 3 amide bonds. The van der Waals surface area contributed by atoms with Crippen LogP contribution in [0.4, 0.5) is 14.9 Å². The van der Waals surface area contributed by atoms with Gasteiger partial charge in [0.1, 0.15) is 11.9 Å². The van der Waals surface area contributed by atoms with Crippen LogP contribution in [-0.4, -0.2) is 23.1 Å². The third-order valence-corrected chi connectivity index (χ3v) is 4.06. The van der Waals surface area contributed by atoms with Crippen molar-refractivity contribution in [1.82, 2.24) is 5.32 Å². The molecule has 0 spiro atoms. The Hall–Kier alpha value is -2.87. The van der Waals surface area contributed by atoms with Crippen molar-refractivity contribution in [1.29, 1.82) is 0 Å². The van der Waals surface area contributed by atoms with E-state index in [9.17, 15) is 18.8 Å². The monoisotopic (exact) mass is 361 g/mol. The number of nitrogens with two attached hydrogens (primary N) is 1. The minimum atomic E-state index is -0.835. The number of carbonyl (C=O) groups excluding carboxylic acids is 3. The summed E-state index contributed by atoms with van der Waals surface area (Å²) in [7, 11) is 0. The van der Waals surface area contributed by atoms with Crippen LogP contribution in [0.2, 0.25) is 0 Å². The SMILES string of the molecule is C[C@@H](NC(=O)c1ccccc1SC(=O)Nc1ccc(F)cc1)C(N)=O. The minimum absolute atomic E-state index is 0.245. The highest BCUT2D eigenvalue weighted by Gasteiger charge is 2.18. The van der Waals surface area contributed by atoms with Gasteiger partial charge in [-0.15, -0.1) is 0 Å². The van der Waals surface area contributed by atoms with Gasteiger partial charge in [0, 0.05) is 10.6 Å². The highest BCUT2D eigenvalue weighted by molar-refractivity contribution is 8.14. The number of thioether (sulfide) groups is 1. The Kier molecular flexibility index (Phi) is 6.13. The van der Waals surface area contributed by atoms with E-state index in [-0.39, 0.29) is 5.56 Å². The van der Waals surface area contributed by atoms with Crippen molar-refractivity contribution in [2.45, 2.75) is 17.9 Å². The first kappa shape index (κ1) is 18.5. The molecule has 0 aromatic heterocycles. The van der Waals surface area contributed by atoms with Crippen molar-refractivity contribution in [2.24, 2.45) is 5.73 Å². The van der Waals surface area contributed by atoms with Crippen LogP contribution in [0.3, 0.4) is 0 Å². The van der Waals surface area contributed by atoms with Crippen molar-refractivity contribution in [2.75, 3.05) is 5.32 Å². The second-order valence-electron chi connectivity index (χ2n) is 5.12. The largest absolute Gasteiger partial charge is 0.368 e. The summed E-state index contributed by atoms with van der Waals surface area (Å²) in [6.07, 6.45) is 0. The van der Waals surface area contributed by atoms with Gasteiger partial charge >= 0.3 is 0 Å². The minimum Gasteiger partial charge on any atom is -0.368 e. The molecule has 0 bridgehead atoms. The Morgan fingerprint density at radius 2 is 1.72 bits per heavy atom. The van der Waals surface area contributed by atoms with Crippen molar-refractivity contribution >= 4 is 34.5 Å². The van der Waals surface area contributed by atoms with Gasteiger partial charge < -0.3 is 16.4 Å². The van der Waals surface area contributed by atoms with Gasteiger partial charge in [-0.05, 0) is 55.1 Å². The molecule has 1 atom stereocenters. The van der Waals surface area contributed by atoms with E-state index in [2.05, 4.69) is 10.6 Å². The molecule has 130 valence electrons. The average molecular weight is 361 g/mol. The van der Waals surface area contributed by atoms with Gasteiger partial charge in [-0.2, -0.15) is 0 Å². The molecular formula is C17H16FN3O3S. The van der Waals surface area contributed by atoms with Gasteiger partial charge in [0.2, 0.25) is 5.91 Å². The quantitative estimate of drug-likeness (QED) is 0.713. The molecule has 0 aliphatic heterocycles. The first-order chi connectivity index (χ1) is 11.9. The lowest BCUT2D eigenvalue weighted by atomic mass is 10.2. The lowest BCUT2D eigenvalue weighted by Crippen LogP contribution is -2.42. The highest BCUT2D eigenvalue weighted by Crippen LogP contribution is 2.25. The van der Waals surface area contributed by atoms with E-state index in [4.69, 9.17) is 5.73 Å². The first-order valence-electron chi connectivity index (χ1n) is 7.30. The number of primary amides is 1. The number of anilines is 1. The van der Waals surface area contributed by atoms with Crippen molar-refractivity contribution in [3.63, 3.8) is 0 Å². The summed E-state index contributed by atoms with van der Waals surface area (Å²) in [5.74, 6) is -1.58. The van der Waals surface area contributed by atoms with E-state index in [1.54, 1.807) is 18.2 Å². The predicted octanol–water partition coefficient (Wildman–Crippen LogP) is 2.75. The molecular weight excluding hydrogens is 345 g/mol. The van der Waals surface area contributed by atoms with Gasteiger partial charge in [0.25, 0.3) is 11.1 Å². The Morgan fingerprint density at radius 3 is 2.36 bits per heavy atom. The Balaban J connectivity index is 2.09. The summed E-state index contributed by atoms with van der Waals surface area (Å²) in [5.41, 5.74) is 5.81. The van der Waals surface area contributed by atoms with E-state index in [0.717, 1.165) is 11.8 Å². The lowest BCUT2D eigenvalue weighted by molar-refractivity contribution is -0.119. The number of carbonyl (C=O) groups is 3. The van der Waals surface area contributed by atoms with Gasteiger partial charge in [-0.25, -0.2) is 4.39 Å². The summed E-state index contributed by atoms with van der Waals surface area (Å²) < 4.78 is 12.9. The first-order valence-corrected chi connectivity index (χ1v) is 8.12. The number of hydrogen-bond donors (Lipinski definition) is 3. The summed E-state index contributed by atoms with van der Waals surface area (Å²) in [6.45, 7) is 1.47. The fourth-order valence-corrected chi connectivity index (χ4v) is 2.65. The van der Waals surface area contributed by atoms with Crippen molar-refractivity contribution in [3.8, 4) is 0 Å². The van der Waals surface area contributed by atoms with Gasteiger partial charge in [0.05, 0.1) is 5.56 Å². The number of benzene rings is 2. The fraction of sp³-hybridized carbons (Fsp3) is 0.118. The number of hydrogen-bond acceptors (Lipinski definition) is 4. The number of halogens is 1. The summed E-state index contributed by atoms with van der Waals surface area (Å²) >= 11 is 0.812.